The minimum Gasteiger partial charge on any atom is -0.354 e. The van der Waals surface area contributed by atoms with Crippen molar-refractivity contribution in [3.05, 3.63) is 35.4 Å². The van der Waals surface area contributed by atoms with Gasteiger partial charge in [-0.3, -0.25) is 4.99 Å². The molecule has 2 bridgehead atoms. The third kappa shape index (κ3) is 4.84. The molecule has 4 unspecified atom stereocenters. The average Bonchev–Trinajstić information content (AvgIpc) is 3.41. The van der Waals surface area contributed by atoms with Gasteiger partial charge in [-0.25, -0.2) is 0 Å². The maximum Gasteiger partial charge on any atom is 0.191 e. The first kappa shape index (κ1) is 21.9. The van der Waals surface area contributed by atoms with E-state index in [1.165, 1.54) is 49.7 Å². The minimum absolute atomic E-state index is 0. The van der Waals surface area contributed by atoms with Crippen molar-refractivity contribution in [2.24, 2.45) is 4.99 Å². The Morgan fingerprint density at radius 3 is 2.25 bits per heavy atom. The van der Waals surface area contributed by atoms with Gasteiger partial charge in [0.1, 0.15) is 0 Å². The lowest BCUT2D eigenvalue weighted by atomic mass is 9.82. The van der Waals surface area contributed by atoms with Crippen LogP contribution in [0.25, 0.3) is 0 Å². The Hall–Kier alpha value is -0.820. The van der Waals surface area contributed by atoms with E-state index >= 15 is 0 Å². The van der Waals surface area contributed by atoms with E-state index in [-0.39, 0.29) is 24.0 Å². The molecule has 5 heteroatoms. The summed E-state index contributed by atoms with van der Waals surface area (Å²) in [5, 5.41) is 7.41. The van der Waals surface area contributed by atoms with Gasteiger partial charge in [0.2, 0.25) is 0 Å². The van der Waals surface area contributed by atoms with Crippen LogP contribution in [-0.4, -0.2) is 49.1 Å². The molecule has 28 heavy (non-hydrogen) atoms. The van der Waals surface area contributed by atoms with Crippen molar-refractivity contribution in [3.63, 3.8) is 0 Å². The van der Waals surface area contributed by atoms with E-state index < -0.39 is 0 Å². The number of aliphatic imine (C=N–C) groups is 1. The Morgan fingerprint density at radius 2 is 1.68 bits per heavy atom. The van der Waals surface area contributed by atoms with E-state index in [2.05, 4.69) is 65.7 Å². The summed E-state index contributed by atoms with van der Waals surface area (Å²) < 4.78 is 0. The zero-order valence-corrected chi connectivity index (χ0v) is 20.1. The summed E-state index contributed by atoms with van der Waals surface area (Å²) in [5.74, 6) is 2.22. The highest BCUT2D eigenvalue weighted by atomic mass is 127. The van der Waals surface area contributed by atoms with Gasteiger partial charge in [-0.15, -0.1) is 24.0 Å². The summed E-state index contributed by atoms with van der Waals surface area (Å²) in [5.41, 5.74) is 2.88. The van der Waals surface area contributed by atoms with Crippen molar-refractivity contribution in [1.82, 2.24) is 15.5 Å². The first-order valence-corrected chi connectivity index (χ1v) is 10.9. The molecule has 2 saturated heterocycles. The van der Waals surface area contributed by atoms with E-state index in [1.807, 2.05) is 7.05 Å². The van der Waals surface area contributed by atoms with Gasteiger partial charge in [-0.1, -0.05) is 44.5 Å². The fraction of sp³-hybridized carbons (Fsp3) is 0.696. The smallest absolute Gasteiger partial charge is 0.191 e. The first-order valence-electron chi connectivity index (χ1n) is 10.9. The monoisotopic (exact) mass is 496 g/mol. The molecule has 2 N–H and O–H groups in total. The van der Waals surface area contributed by atoms with Crippen LogP contribution in [0, 0.1) is 0 Å². The van der Waals surface area contributed by atoms with Gasteiger partial charge in [0, 0.05) is 37.1 Å². The molecule has 1 aromatic rings. The lowest BCUT2D eigenvalue weighted by Crippen LogP contribution is -2.56. The van der Waals surface area contributed by atoms with Crippen LogP contribution in [-0.2, 0) is 0 Å². The van der Waals surface area contributed by atoms with Crippen LogP contribution in [0.5, 0.6) is 0 Å². The van der Waals surface area contributed by atoms with Crippen molar-refractivity contribution in [3.8, 4) is 0 Å². The fourth-order valence-electron chi connectivity index (χ4n) is 5.12. The van der Waals surface area contributed by atoms with Gasteiger partial charge in [0.25, 0.3) is 0 Å². The highest BCUT2D eigenvalue weighted by molar-refractivity contribution is 14.0. The molecule has 0 aromatic heterocycles. The molecule has 1 saturated carbocycles. The molecule has 3 fully saturated rings. The van der Waals surface area contributed by atoms with Crippen LogP contribution in [0.4, 0.5) is 0 Å². The highest BCUT2D eigenvalue weighted by Crippen LogP contribution is 2.41. The van der Waals surface area contributed by atoms with E-state index in [4.69, 9.17) is 0 Å². The van der Waals surface area contributed by atoms with E-state index in [1.54, 1.807) is 0 Å². The van der Waals surface area contributed by atoms with Gasteiger partial charge >= 0.3 is 0 Å². The molecule has 0 amide bonds. The fourth-order valence-corrected chi connectivity index (χ4v) is 5.12. The Kier molecular flexibility index (Phi) is 7.29. The number of piperidine rings is 2. The molecule has 2 aliphatic heterocycles. The van der Waals surface area contributed by atoms with Crippen LogP contribution in [0.1, 0.15) is 75.3 Å². The van der Waals surface area contributed by atoms with Crippen LogP contribution >= 0.6 is 24.0 Å². The van der Waals surface area contributed by atoms with Crippen molar-refractivity contribution in [1.29, 1.82) is 0 Å². The van der Waals surface area contributed by atoms with Gasteiger partial charge in [0.15, 0.2) is 5.96 Å². The number of halogens is 1. The van der Waals surface area contributed by atoms with Gasteiger partial charge in [-0.2, -0.15) is 0 Å². The van der Waals surface area contributed by atoms with E-state index in [9.17, 15) is 0 Å². The predicted octanol–water partition coefficient (Wildman–Crippen LogP) is 4.46. The number of benzene rings is 1. The van der Waals surface area contributed by atoms with E-state index in [0.717, 1.165) is 18.0 Å². The first-order chi connectivity index (χ1) is 13.0. The van der Waals surface area contributed by atoms with Crippen molar-refractivity contribution in [2.45, 2.75) is 88.4 Å². The summed E-state index contributed by atoms with van der Waals surface area (Å²) in [4.78, 5) is 7.14. The largest absolute Gasteiger partial charge is 0.354 e. The van der Waals surface area contributed by atoms with Crippen molar-refractivity contribution in [2.75, 3.05) is 14.1 Å². The van der Waals surface area contributed by atoms with Crippen LogP contribution in [0.15, 0.2) is 29.3 Å². The summed E-state index contributed by atoms with van der Waals surface area (Å²) in [6.45, 7) is 4.51. The maximum atomic E-state index is 4.52. The highest BCUT2D eigenvalue weighted by Gasteiger charge is 2.40. The predicted molar refractivity (Wildman–Crippen MR) is 129 cm³/mol. The van der Waals surface area contributed by atoms with Gasteiger partial charge in [0.05, 0.1) is 0 Å². The molecule has 156 valence electrons. The van der Waals surface area contributed by atoms with Gasteiger partial charge in [-0.05, 0) is 56.2 Å². The molecule has 2 heterocycles. The van der Waals surface area contributed by atoms with E-state index in [0.29, 0.717) is 23.9 Å². The lowest BCUT2D eigenvalue weighted by molar-refractivity contribution is 0.0526. The number of hydrogen-bond donors (Lipinski definition) is 2. The molecule has 3 aliphatic rings. The van der Waals surface area contributed by atoms with Crippen LogP contribution in [0.3, 0.4) is 0 Å². The summed E-state index contributed by atoms with van der Waals surface area (Å²) >= 11 is 0. The third-order valence-electron chi connectivity index (χ3n) is 7.05. The SMILES string of the molecule is CN=C(NC1CC2CCCC(C1)N2C)NC1CC1c1ccc(C(C)C)cc1.I. The van der Waals surface area contributed by atoms with Gasteiger partial charge < -0.3 is 15.5 Å². The number of rotatable bonds is 4. The summed E-state index contributed by atoms with van der Waals surface area (Å²) in [7, 11) is 4.22. The average molecular weight is 496 g/mol. The summed E-state index contributed by atoms with van der Waals surface area (Å²) in [6.07, 6.45) is 7.82. The number of nitrogens with zero attached hydrogens (tertiary/aromatic N) is 2. The zero-order chi connectivity index (χ0) is 19.0. The second kappa shape index (κ2) is 9.33. The Labute approximate surface area is 188 Å². The molecule has 1 aromatic carbocycles. The molecule has 4 rings (SSSR count). The number of hydrogen-bond acceptors (Lipinski definition) is 2. The second-order valence-corrected chi connectivity index (χ2v) is 9.20. The Balaban J connectivity index is 0.00000225. The molecular weight excluding hydrogens is 459 g/mol. The topological polar surface area (TPSA) is 39.7 Å². The normalized spacial score (nSPS) is 32.6. The lowest BCUT2D eigenvalue weighted by Gasteiger charge is -2.47. The number of fused-ring (bicyclic) bond motifs is 2. The zero-order valence-electron chi connectivity index (χ0n) is 17.8. The van der Waals surface area contributed by atoms with Crippen LogP contribution in [0.2, 0.25) is 0 Å². The quantitative estimate of drug-likeness (QED) is 0.367. The molecule has 1 aliphatic carbocycles. The maximum absolute atomic E-state index is 4.52. The standard InChI is InChI=1S/C23H36N4.HI/c1-15(2)16-8-10-17(11-9-16)21-14-22(21)26-23(24-3)25-18-12-19-6-5-7-20(13-18)27(19)4;/h8-11,15,18-22H,5-7,12-14H2,1-4H3,(H2,24,25,26);1H. The molecule has 0 spiro atoms. The molecular formula is C23H37IN4. The third-order valence-corrected chi connectivity index (χ3v) is 7.05. The number of guanidine groups is 1. The molecule has 4 nitrogen and oxygen atoms in total. The second-order valence-electron chi connectivity index (χ2n) is 9.20. The van der Waals surface area contributed by atoms with Crippen molar-refractivity contribution >= 4 is 29.9 Å². The molecule has 4 atom stereocenters. The Bertz CT molecular complexity index is 658. The summed E-state index contributed by atoms with van der Waals surface area (Å²) in [6, 6.07) is 11.8. The molecule has 0 radical (unpaired) electrons. The van der Waals surface area contributed by atoms with Crippen molar-refractivity contribution < 1.29 is 0 Å². The minimum atomic E-state index is 0. The number of nitrogens with one attached hydrogen (secondary N) is 2. The Morgan fingerprint density at radius 1 is 1.04 bits per heavy atom. The van der Waals surface area contributed by atoms with Crippen LogP contribution < -0.4 is 10.6 Å².